The van der Waals surface area contributed by atoms with Crippen LogP contribution in [0, 0.1) is 0 Å². The fourth-order valence-electron chi connectivity index (χ4n) is 4.06. The molecule has 38 heavy (non-hydrogen) atoms. The number of aromatic carboxylic acids is 1. The molecule has 11 heteroatoms. The Balaban J connectivity index is 1.47. The highest BCUT2D eigenvalue weighted by molar-refractivity contribution is 6.02. The second-order valence-electron chi connectivity index (χ2n) is 8.55. The molecule has 0 saturated heterocycles. The predicted molar refractivity (Wildman–Crippen MR) is 130 cm³/mol. The van der Waals surface area contributed by atoms with Crippen LogP contribution in [0.2, 0.25) is 0 Å². The lowest BCUT2D eigenvalue weighted by Gasteiger charge is -2.11. The lowest BCUT2D eigenvalue weighted by Crippen LogP contribution is -2.24. The van der Waals surface area contributed by atoms with Crippen LogP contribution in [0.5, 0.6) is 0 Å². The largest absolute Gasteiger partial charge is 0.478 e. The predicted octanol–water partition coefficient (Wildman–Crippen LogP) is 5.23. The summed E-state index contributed by atoms with van der Waals surface area (Å²) >= 11 is 0. The van der Waals surface area contributed by atoms with E-state index in [2.05, 4.69) is 15.6 Å². The van der Waals surface area contributed by atoms with Crippen LogP contribution in [0.1, 0.15) is 43.0 Å². The molecule has 0 aliphatic carbocycles. The van der Waals surface area contributed by atoms with Crippen molar-refractivity contribution >= 4 is 17.4 Å². The minimum Gasteiger partial charge on any atom is -0.478 e. The molecule has 0 radical (unpaired) electrons. The molecule has 0 saturated carbocycles. The van der Waals surface area contributed by atoms with E-state index in [0.29, 0.717) is 33.5 Å². The van der Waals surface area contributed by atoms with Gasteiger partial charge < -0.3 is 14.9 Å². The van der Waals surface area contributed by atoms with E-state index in [4.69, 9.17) is 9.63 Å². The summed E-state index contributed by atoms with van der Waals surface area (Å²) in [5.41, 5.74) is 3.21. The van der Waals surface area contributed by atoms with Gasteiger partial charge in [-0.3, -0.25) is 4.79 Å². The van der Waals surface area contributed by atoms with Crippen LogP contribution < -0.4 is 5.32 Å². The number of benzene rings is 2. The van der Waals surface area contributed by atoms with Crippen molar-refractivity contribution in [1.82, 2.24) is 20.1 Å². The number of carbonyl (C=O) groups is 2. The van der Waals surface area contributed by atoms with Crippen LogP contribution in [0.25, 0.3) is 16.8 Å². The highest BCUT2D eigenvalue weighted by Crippen LogP contribution is 2.30. The molecule has 192 valence electrons. The molecular weight excluding hydrogens is 501 g/mol. The second kappa shape index (κ2) is 9.85. The SMILES string of the molecule is O=C(O)c1ccc(CNC(=O)c2cc(-c3ccon3)cn3ncc(Cc4ccc(C(F)(F)F)cc4)c23)cc1. The summed E-state index contributed by atoms with van der Waals surface area (Å²) in [4.78, 5) is 24.4. The van der Waals surface area contributed by atoms with Crippen LogP contribution in [-0.4, -0.2) is 31.8 Å². The van der Waals surface area contributed by atoms with Crippen molar-refractivity contribution in [3.05, 3.63) is 113 Å². The van der Waals surface area contributed by atoms with E-state index in [1.807, 2.05) is 0 Å². The van der Waals surface area contributed by atoms with E-state index in [0.717, 1.165) is 12.1 Å². The maximum atomic E-state index is 13.4. The molecule has 0 aliphatic heterocycles. The second-order valence-corrected chi connectivity index (χ2v) is 8.55. The number of halogens is 3. The van der Waals surface area contributed by atoms with E-state index in [9.17, 15) is 22.8 Å². The zero-order valence-electron chi connectivity index (χ0n) is 19.6. The minimum atomic E-state index is -4.43. The number of nitrogens with one attached hydrogen (secondary N) is 1. The number of carboxylic acids is 1. The standard InChI is InChI=1S/C27H19F3N4O4/c28-27(29,30)21-7-3-16(4-8-21)11-19-14-32-34-15-20(23-9-10-38-33-23)12-22(24(19)34)25(35)31-13-17-1-5-18(6-2-17)26(36)37/h1-10,12,14-15H,11,13H2,(H,31,35)(H,36,37). The van der Waals surface area contributed by atoms with Gasteiger partial charge in [0, 0.05) is 36.4 Å². The third-order valence-corrected chi connectivity index (χ3v) is 6.00. The summed E-state index contributed by atoms with van der Waals surface area (Å²) in [6.07, 6.45) is 0.479. The first kappa shape index (κ1) is 24.8. The molecule has 5 rings (SSSR count). The molecule has 0 aliphatic rings. The van der Waals surface area contributed by atoms with Gasteiger partial charge >= 0.3 is 12.1 Å². The normalized spacial score (nSPS) is 11.6. The van der Waals surface area contributed by atoms with Crippen molar-refractivity contribution in [2.24, 2.45) is 0 Å². The Morgan fingerprint density at radius 2 is 1.71 bits per heavy atom. The Morgan fingerprint density at radius 3 is 2.34 bits per heavy atom. The minimum absolute atomic E-state index is 0.134. The summed E-state index contributed by atoms with van der Waals surface area (Å²) in [7, 11) is 0. The summed E-state index contributed by atoms with van der Waals surface area (Å²) in [5.74, 6) is -1.47. The Hall–Kier alpha value is -4.93. The third-order valence-electron chi connectivity index (χ3n) is 6.00. The fraction of sp³-hybridized carbons (Fsp3) is 0.111. The summed E-state index contributed by atoms with van der Waals surface area (Å²) < 4.78 is 45.3. The number of rotatable bonds is 7. The molecule has 0 bridgehead atoms. The van der Waals surface area contributed by atoms with Gasteiger partial charge in [0.2, 0.25) is 0 Å². The van der Waals surface area contributed by atoms with Crippen molar-refractivity contribution in [1.29, 1.82) is 0 Å². The first-order valence-electron chi connectivity index (χ1n) is 11.4. The molecule has 1 amide bonds. The number of pyridine rings is 1. The highest BCUT2D eigenvalue weighted by Gasteiger charge is 2.30. The van der Waals surface area contributed by atoms with Gasteiger partial charge in [0.15, 0.2) is 0 Å². The lowest BCUT2D eigenvalue weighted by atomic mass is 10.0. The Kier molecular flexibility index (Phi) is 6.41. The molecule has 8 nitrogen and oxygen atoms in total. The number of fused-ring (bicyclic) bond motifs is 1. The number of hydrogen-bond acceptors (Lipinski definition) is 5. The van der Waals surface area contributed by atoms with Gasteiger partial charge in [-0.1, -0.05) is 29.4 Å². The quantitative estimate of drug-likeness (QED) is 0.304. The molecular formula is C27H19F3N4O4. The lowest BCUT2D eigenvalue weighted by molar-refractivity contribution is -0.137. The van der Waals surface area contributed by atoms with Crippen molar-refractivity contribution < 1.29 is 32.4 Å². The zero-order chi connectivity index (χ0) is 26.9. The summed E-state index contributed by atoms with van der Waals surface area (Å²) in [6.45, 7) is 0.140. The zero-order valence-corrected chi connectivity index (χ0v) is 19.6. The van der Waals surface area contributed by atoms with Gasteiger partial charge in [-0.2, -0.15) is 18.3 Å². The molecule has 0 fully saturated rings. The van der Waals surface area contributed by atoms with Crippen molar-refractivity contribution in [2.45, 2.75) is 19.1 Å². The van der Waals surface area contributed by atoms with Gasteiger partial charge in [-0.15, -0.1) is 0 Å². The first-order chi connectivity index (χ1) is 18.2. The molecule has 0 spiro atoms. The molecule has 5 aromatic rings. The number of carboxylic acid groups (broad SMARTS) is 1. The van der Waals surface area contributed by atoms with Gasteiger partial charge in [-0.25, -0.2) is 9.31 Å². The smallest absolute Gasteiger partial charge is 0.416 e. The highest BCUT2D eigenvalue weighted by atomic mass is 19.4. The molecule has 3 aromatic heterocycles. The number of alkyl halides is 3. The van der Waals surface area contributed by atoms with Crippen molar-refractivity contribution in [2.75, 3.05) is 0 Å². The van der Waals surface area contributed by atoms with E-state index in [-0.39, 0.29) is 24.1 Å². The van der Waals surface area contributed by atoms with Gasteiger partial charge in [0.25, 0.3) is 5.91 Å². The van der Waals surface area contributed by atoms with Crippen LogP contribution in [0.3, 0.4) is 0 Å². The van der Waals surface area contributed by atoms with Crippen LogP contribution in [0.15, 0.2) is 83.8 Å². The Bertz CT molecular complexity index is 1610. The number of carbonyl (C=O) groups excluding carboxylic acids is 1. The monoisotopic (exact) mass is 520 g/mol. The van der Waals surface area contributed by atoms with E-state index >= 15 is 0 Å². The van der Waals surface area contributed by atoms with E-state index in [1.165, 1.54) is 35.0 Å². The average Bonchev–Trinajstić information content (AvgIpc) is 3.57. The van der Waals surface area contributed by atoms with Gasteiger partial charge in [0.1, 0.15) is 12.0 Å². The fourth-order valence-corrected chi connectivity index (χ4v) is 4.06. The molecule has 2 N–H and O–H groups in total. The number of aromatic nitrogens is 3. The topological polar surface area (TPSA) is 110 Å². The number of hydrogen-bond donors (Lipinski definition) is 2. The first-order valence-corrected chi connectivity index (χ1v) is 11.4. The average molecular weight is 520 g/mol. The molecule has 0 atom stereocenters. The van der Waals surface area contributed by atoms with Crippen LogP contribution >= 0.6 is 0 Å². The van der Waals surface area contributed by atoms with Gasteiger partial charge in [-0.05, 0) is 41.5 Å². The Morgan fingerprint density at radius 1 is 1.00 bits per heavy atom. The van der Waals surface area contributed by atoms with Crippen molar-refractivity contribution in [3.8, 4) is 11.3 Å². The van der Waals surface area contributed by atoms with Gasteiger partial charge in [0.05, 0.1) is 28.4 Å². The number of amides is 1. The maximum Gasteiger partial charge on any atom is 0.416 e. The molecule has 0 unspecified atom stereocenters. The van der Waals surface area contributed by atoms with Crippen LogP contribution in [0.4, 0.5) is 13.2 Å². The number of nitrogens with zero attached hydrogens (tertiary/aromatic N) is 3. The van der Waals surface area contributed by atoms with E-state index < -0.39 is 23.6 Å². The van der Waals surface area contributed by atoms with Crippen molar-refractivity contribution in [3.63, 3.8) is 0 Å². The molecule has 2 aromatic carbocycles. The molecule has 3 heterocycles. The van der Waals surface area contributed by atoms with E-state index in [1.54, 1.807) is 36.7 Å². The summed E-state index contributed by atoms with van der Waals surface area (Å²) in [6, 6.07) is 14.2. The third kappa shape index (κ3) is 5.12. The summed E-state index contributed by atoms with van der Waals surface area (Å²) in [5, 5.41) is 20.2. The van der Waals surface area contributed by atoms with Crippen LogP contribution in [-0.2, 0) is 19.1 Å². The Labute approximate surface area is 213 Å². The maximum absolute atomic E-state index is 13.4.